The molecule has 8 heteroatoms. The van der Waals surface area contributed by atoms with Gasteiger partial charge in [0.25, 0.3) is 0 Å². The first-order valence-electron chi connectivity index (χ1n) is 7.04. The Bertz CT molecular complexity index is 881. The number of carbonyl (C=O) groups is 1. The van der Waals surface area contributed by atoms with Crippen LogP contribution in [-0.2, 0) is 8.10 Å². The molecule has 2 N–H and O–H groups in total. The van der Waals surface area contributed by atoms with Crippen LogP contribution in [0.1, 0.15) is 35.7 Å². The van der Waals surface area contributed by atoms with Gasteiger partial charge in [-0.15, -0.1) is 0 Å². The number of halogens is 2. The number of amides is 1. The quantitative estimate of drug-likeness (QED) is 0.755. The van der Waals surface area contributed by atoms with Crippen LogP contribution in [-0.4, -0.2) is 28.9 Å². The van der Waals surface area contributed by atoms with Crippen LogP contribution >= 0.6 is 0 Å². The average Bonchev–Trinajstić information content (AvgIpc) is 2.50. The first kappa shape index (κ1) is 18.6. The molecule has 2 rings (SSSR count). The fourth-order valence-electron chi connectivity index (χ4n) is 2.09. The number of carbonyl (C=O) groups excluding carboxylic acids is 1. The molecule has 0 saturated carbocycles. The van der Waals surface area contributed by atoms with Gasteiger partial charge in [-0.3, -0.25) is 0 Å². The molecule has 1 atom stereocenters. The maximum absolute atomic E-state index is 14.2. The molecule has 0 aliphatic carbocycles. The average molecular weight is 415 g/mol. The molecule has 0 aliphatic heterocycles. The van der Waals surface area contributed by atoms with E-state index >= 15 is 0 Å². The predicted octanol–water partition coefficient (Wildman–Crippen LogP) is 1.64. The van der Waals surface area contributed by atoms with Gasteiger partial charge in [0, 0.05) is 0 Å². The van der Waals surface area contributed by atoms with E-state index in [4.69, 9.17) is 5.73 Å². The minimum atomic E-state index is -3.72. The summed E-state index contributed by atoms with van der Waals surface area (Å²) in [6.07, 6.45) is 0. The topological polar surface area (TPSA) is 77.2 Å². The van der Waals surface area contributed by atoms with E-state index in [1.807, 2.05) is 13.8 Å². The molecule has 0 fully saturated rings. The Morgan fingerprint density at radius 1 is 1.08 bits per heavy atom. The van der Waals surface area contributed by atoms with Crippen molar-refractivity contribution < 1.29 is 22.0 Å². The predicted molar refractivity (Wildman–Crippen MR) is 89.4 cm³/mol. The van der Waals surface area contributed by atoms with Crippen LogP contribution in [0.15, 0.2) is 41.3 Å². The van der Waals surface area contributed by atoms with Crippen molar-refractivity contribution in [2.24, 2.45) is 5.73 Å². The number of rotatable bonds is 5. The van der Waals surface area contributed by atoms with Gasteiger partial charge in [0.2, 0.25) is 0 Å². The van der Waals surface area contributed by atoms with E-state index in [-0.39, 0.29) is 15.2 Å². The van der Waals surface area contributed by atoms with E-state index in [9.17, 15) is 22.0 Å². The summed E-state index contributed by atoms with van der Waals surface area (Å²) in [7, 11) is -3.72. The molecule has 1 unspecified atom stereocenters. The Kier molecular flexibility index (Phi) is 5.45. The second-order valence-electron chi connectivity index (χ2n) is 5.48. The first-order valence-corrected chi connectivity index (χ1v) is 12.1. The summed E-state index contributed by atoms with van der Waals surface area (Å²) in [5, 5.41) is 0. The molecule has 0 aliphatic rings. The molecular formula is C16H16AsF2NO3S. The normalized spacial score (nSPS) is 12.2. The van der Waals surface area contributed by atoms with Gasteiger partial charge in [0.15, 0.2) is 0 Å². The number of hydrogen-bond donors (Lipinski definition) is 1. The van der Waals surface area contributed by atoms with Crippen molar-refractivity contribution in [3.05, 3.63) is 59.2 Å². The molecule has 0 radical (unpaired) electrons. The molecular weight excluding hydrogens is 399 g/mol. The molecule has 0 bridgehead atoms. The van der Waals surface area contributed by atoms with Crippen LogP contribution in [0.25, 0.3) is 0 Å². The van der Waals surface area contributed by atoms with Crippen LogP contribution in [0.3, 0.4) is 0 Å². The molecule has 0 saturated heterocycles. The summed E-state index contributed by atoms with van der Waals surface area (Å²) < 4.78 is 52.5. The van der Waals surface area contributed by atoms with Gasteiger partial charge in [0.1, 0.15) is 0 Å². The summed E-state index contributed by atoms with van der Waals surface area (Å²) in [5.41, 5.74) is 5.03. The molecule has 0 spiro atoms. The van der Waals surface area contributed by atoms with E-state index in [0.717, 1.165) is 17.7 Å². The van der Waals surface area contributed by atoms with Crippen LogP contribution < -0.4 is 10.1 Å². The molecule has 0 heterocycles. The van der Waals surface area contributed by atoms with Crippen molar-refractivity contribution in [2.45, 2.75) is 24.7 Å². The van der Waals surface area contributed by atoms with Gasteiger partial charge in [-0.05, 0) is 0 Å². The molecule has 1 amide bonds. The summed E-state index contributed by atoms with van der Waals surface area (Å²) in [5.74, 6) is -3.30. The Labute approximate surface area is 144 Å². The molecule has 4 nitrogen and oxygen atoms in total. The van der Waals surface area contributed by atoms with Gasteiger partial charge in [0.05, 0.1) is 0 Å². The molecule has 128 valence electrons. The van der Waals surface area contributed by atoms with E-state index in [2.05, 4.69) is 0 Å². The Hall–Kier alpha value is -1.72. The van der Waals surface area contributed by atoms with Crippen molar-refractivity contribution in [1.29, 1.82) is 0 Å². The van der Waals surface area contributed by atoms with Crippen LogP contribution in [0.5, 0.6) is 0 Å². The third kappa shape index (κ3) is 3.84. The van der Waals surface area contributed by atoms with Gasteiger partial charge in [-0.1, -0.05) is 0 Å². The number of nitrogens with two attached hydrogens (primary N) is 1. The second kappa shape index (κ2) is 7.03. The minimum absolute atomic E-state index is 0.0799. The zero-order chi connectivity index (χ0) is 18.1. The van der Waals surface area contributed by atoms with Crippen molar-refractivity contribution in [1.82, 2.24) is 0 Å². The van der Waals surface area contributed by atoms with E-state index in [1.54, 1.807) is 12.1 Å². The first-order chi connectivity index (χ1) is 11.1. The van der Waals surface area contributed by atoms with Gasteiger partial charge in [-0.25, -0.2) is 0 Å². The zero-order valence-corrected chi connectivity index (χ0v) is 15.9. The number of hydrogen-bond acceptors (Lipinski definition) is 3. The fraction of sp³-hybridized carbons (Fsp3) is 0.188. The Balaban J connectivity index is 2.39. The third-order valence-electron chi connectivity index (χ3n) is 3.44. The maximum atomic E-state index is 14.2. The third-order valence-corrected chi connectivity index (χ3v) is 10.2. The monoisotopic (exact) mass is 415 g/mol. The molecule has 0 aromatic heterocycles. The van der Waals surface area contributed by atoms with Crippen molar-refractivity contribution in [2.75, 3.05) is 0 Å². The summed E-state index contributed by atoms with van der Waals surface area (Å²) >= 11 is -2.04. The van der Waals surface area contributed by atoms with Gasteiger partial charge < -0.3 is 0 Å². The molecule has 2 aromatic carbocycles. The Morgan fingerprint density at radius 2 is 1.67 bits per heavy atom. The van der Waals surface area contributed by atoms with E-state index < -0.39 is 45.8 Å². The van der Waals surface area contributed by atoms with Gasteiger partial charge >= 0.3 is 145 Å². The standard InChI is InChI=1S/C16H16AsF2NO3S/c1-9(2)10-3-5-11(6-4-10)24(22,23)17-12-7-8-13(18)14(15(12)19)16(20)21/h3-9,17H,1-2H3,(H2,20,21). The van der Waals surface area contributed by atoms with Crippen LogP contribution in [0.2, 0.25) is 0 Å². The van der Waals surface area contributed by atoms with E-state index in [1.165, 1.54) is 12.1 Å². The second-order valence-corrected chi connectivity index (χ2v) is 13.0. The number of benzene rings is 2. The zero-order valence-electron chi connectivity index (χ0n) is 13.0. The van der Waals surface area contributed by atoms with Gasteiger partial charge in [-0.2, -0.15) is 0 Å². The number of primary amides is 1. The fourth-order valence-corrected chi connectivity index (χ4v) is 8.00. The van der Waals surface area contributed by atoms with E-state index in [0.29, 0.717) is 0 Å². The van der Waals surface area contributed by atoms with Crippen molar-refractivity contribution >= 4 is 33.0 Å². The summed E-state index contributed by atoms with van der Waals surface area (Å²) in [4.78, 5) is 11.2. The van der Waals surface area contributed by atoms with Crippen LogP contribution in [0.4, 0.5) is 8.78 Å². The molecule has 2 aromatic rings. The van der Waals surface area contributed by atoms with Crippen LogP contribution in [0, 0.1) is 11.6 Å². The summed E-state index contributed by atoms with van der Waals surface area (Å²) in [6, 6.07) is 8.28. The van der Waals surface area contributed by atoms with Crippen molar-refractivity contribution in [3.8, 4) is 0 Å². The van der Waals surface area contributed by atoms with Crippen molar-refractivity contribution in [3.63, 3.8) is 0 Å². The SMILES string of the molecule is CC(C)c1ccc(S(=O)(=O)[AsH]c2ccc(F)c(C(N)=O)c2F)cc1. The Morgan fingerprint density at radius 3 is 2.17 bits per heavy atom. The molecule has 24 heavy (non-hydrogen) atoms. The summed E-state index contributed by atoms with van der Waals surface area (Å²) in [6.45, 7) is 3.97.